The Morgan fingerprint density at radius 1 is 1.40 bits per heavy atom. The minimum atomic E-state index is -2.65. The van der Waals surface area contributed by atoms with Crippen LogP contribution < -0.4 is 11.1 Å². The quantitative estimate of drug-likeness (QED) is 0.786. The van der Waals surface area contributed by atoms with Crippen LogP contribution in [0.15, 0.2) is 18.5 Å². The zero-order valence-electron chi connectivity index (χ0n) is 11.1. The molecule has 0 spiro atoms. The van der Waals surface area contributed by atoms with Gasteiger partial charge in [0.1, 0.15) is 5.69 Å². The molecule has 0 saturated carbocycles. The number of hydrogen-bond donors (Lipinski definition) is 2. The van der Waals surface area contributed by atoms with E-state index in [2.05, 4.69) is 20.4 Å². The van der Waals surface area contributed by atoms with Crippen molar-refractivity contribution in [2.24, 2.45) is 12.8 Å². The van der Waals surface area contributed by atoms with Crippen LogP contribution in [-0.4, -0.2) is 32.8 Å². The minimum absolute atomic E-state index is 0.176. The van der Waals surface area contributed by atoms with Gasteiger partial charge in [0.05, 0.1) is 11.9 Å². The molecule has 0 aliphatic rings. The first-order valence-corrected chi connectivity index (χ1v) is 6.20. The molecule has 0 aliphatic heterocycles. The molecule has 0 atom stereocenters. The summed E-state index contributed by atoms with van der Waals surface area (Å²) >= 11 is 0. The Bertz CT molecular complexity index is 569. The summed E-state index contributed by atoms with van der Waals surface area (Å²) in [6, 6.07) is 1.27. The number of aryl methyl sites for hydroxylation is 1. The van der Waals surface area contributed by atoms with Crippen LogP contribution in [0.5, 0.6) is 0 Å². The standard InChI is InChI=1S/C12H16F2N6/c1-20-7-8(6-17-20)9-5-10(11(13)14)19-12(18-9)16-4-2-3-15/h5-7,11H,2-4,15H2,1H3,(H,16,18,19). The molecular formula is C12H16F2N6. The maximum absolute atomic E-state index is 12.9. The number of alkyl halides is 2. The Kier molecular flexibility index (Phi) is 4.57. The average molecular weight is 282 g/mol. The van der Waals surface area contributed by atoms with Crippen LogP contribution in [0, 0.1) is 0 Å². The first kappa shape index (κ1) is 14.3. The molecule has 0 aliphatic carbocycles. The molecule has 0 aromatic carbocycles. The number of hydrogen-bond acceptors (Lipinski definition) is 5. The van der Waals surface area contributed by atoms with Gasteiger partial charge in [0.15, 0.2) is 0 Å². The first-order valence-electron chi connectivity index (χ1n) is 6.20. The van der Waals surface area contributed by atoms with Crippen molar-refractivity contribution in [2.45, 2.75) is 12.8 Å². The molecule has 8 heteroatoms. The van der Waals surface area contributed by atoms with Crippen LogP contribution >= 0.6 is 0 Å². The summed E-state index contributed by atoms with van der Waals surface area (Å²) in [4.78, 5) is 8.02. The van der Waals surface area contributed by atoms with E-state index < -0.39 is 6.43 Å². The van der Waals surface area contributed by atoms with Crippen molar-refractivity contribution in [3.8, 4) is 11.3 Å². The molecule has 0 unspecified atom stereocenters. The Labute approximate surface area is 115 Å². The Morgan fingerprint density at radius 3 is 2.80 bits per heavy atom. The van der Waals surface area contributed by atoms with Gasteiger partial charge in [0.2, 0.25) is 5.95 Å². The lowest BCUT2D eigenvalue weighted by Crippen LogP contribution is -2.11. The van der Waals surface area contributed by atoms with Gasteiger partial charge in [-0.2, -0.15) is 5.10 Å². The SMILES string of the molecule is Cn1cc(-c2cc(C(F)F)nc(NCCCN)n2)cn1. The summed E-state index contributed by atoms with van der Waals surface area (Å²) in [5.74, 6) is 0.176. The van der Waals surface area contributed by atoms with Crippen LogP contribution in [0.2, 0.25) is 0 Å². The van der Waals surface area contributed by atoms with E-state index in [0.29, 0.717) is 30.8 Å². The van der Waals surface area contributed by atoms with Gasteiger partial charge >= 0.3 is 0 Å². The third kappa shape index (κ3) is 3.47. The predicted molar refractivity (Wildman–Crippen MR) is 71.4 cm³/mol. The second-order valence-corrected chi connectivity index (χ2v) is 4.27. The van der Waals surface area contributed by atoms with Gasteiger partial charge in [0, 0.05) is 25.4 Å². The predicted octanol–water partition coefficient (Wildman–Crippen LogP) is 1.58. The monoisotopic (exact) mass is 282 g/mol. The first-order chi connectivity index (χ1) is 9.60. The van der Waals surface area contributed by atoms with E-state index in [1.807, 2.05) is 0 Å². The lowest BCUT2D eigenvalue weighted by Gasteiger charge is -2.08. The molecule has 2 aromatic heterocycles. The van der Waals surface area contributed by atoms with Crippen LogP contribution in [0.1, 0.15) is 18.5 Å². The normalized spacial score (nSPS) is 11.1. The van der Waals surface area contributed by atoms with E-state index in [0.717, 1.165) is 0 Å². The van der Waals surface area contributed by atoms with Gasteiger partial charge < -0.3 is 11.1 Å². The average Bonchev–Trinajstić information content (AvgIpc) is 2.85. The number of nitrogens with two attached hydrogens (primary N) is 1. The van der Waals surface area contributed by atoms with Gasteiger partial charge in [-0.3, -0.25) is 4.68 Å². The van der Waals surface area contributed by atoms with Crippen molar-refractivity contribution >= 4 is 5.95 Å². The fraction of sp³-hybridized carbons (Fsp3) is 0.417. The van der Waals surface area contributed by atoms with Gasteiger partial charge in [-0.15, -0.1) is 0 Å². The van der Waals surface area contributed by atoms with E-state index in [1.165, 1.54) is 6.07 Å². The van der Waals surface area contributed by atoms with E-state index >= 15 is 0 Å². The maximum Gasteiger partial charge on any atom is 0.280 e. The topological polar surface area (TPSA) is 81.7 Å². The van der Waals surface area contributed by atoms with Gasteiger partial charge in [-0.05, 0) is 19.0 Å². The third-order valence-electron chi connectivity index (χ3n) is 2.63. The number of anilines is 1. The van der Waals surface area contributed by atoms with Crippen LogP contribution in [0.4, 0.5) is 14.7 Å². The molecule has 2 rings (SSSR count). The van der Waals surface area contributed by atoms with Gasteiger partial charge in [0.25, 0.3) is 6.43 Å². The number of halogens is 2. The summed E-state index contributed by atoms with van der Waals surface area (Å²) < 4.78 is 27.3. The van der Waals surface area contributed by atoms with Crippen LogP contribution in [0.3, 0.4) is 0 Å². The van der Waals surface area contributed by atoms with Crippen molar-refractivity contribution in [1.29, 1.82) is 0 Å². The zero-order chi connectivity index (χ0) is 14.5. The highest BCUT2D eigenvalue weighted by Gasteiger charge is 2.14. The van der Waals surface area contributed by atoms with E-state index in [4.69, 9.17) is 5.73 Å². The summed E-state index contributed by atoms with van der Waals surface area (Å²) in [5.41, 5.74) is 6.15. The Morgan fingerprint density at radius 2 is 2.20 bits per heavy atom. The van der Waals surface area contributed by atoms with Crippen molar-refractivity contribution in [3.63, 3.8) is 0 Å². The zero-order valence-corrected chi connectivity index (χ0v) is 11.1. The second kappa shape index (κ2) is 6.38. The molecule has 0 radical (unpaired) electrons. The lowest BCUT2D eigenvalue weighted by molar-refractivity contribution is 0.146. The smallest absolute Gasteiger partial charge is 0.280 e. The summed E-state index contributed by atoms with van der Waals surface area (Å²) in [7, 11) is 1.75. The van der Waals surface area contributed by atoms with E-state index in [-0.39, 0.29) is 11.6 Å². The third-order valence-corrected chi connectivity index (χ3v) is 2.63. The van der Waals surface area contributed by atoms with Gasteiger partial charge in [-0.1, -0.05) is 0 Å². The fourth-order valence-corrected chi connectivity index (χ4v) is 1.66. The number of rotatable bonds is 6. The molecule has 6 nitrogen and oxygen atoms in total. The molecule has 3 N–H and O–H groups in total. The van der Waals surface area contributed by atoms with Crippen LogP contribution in [0.25, 0.3) is 11.3 Å². The highest BCUT2D eigenvalue weighted by atomic mass is 19.3. The molecule has 0 bridgehead atoms. The fourth-order valence-electron chi connectivity index (χ4n) is 1.66. The van der Waals surface area contributed by atoms with Gasteiger partial charge in [-0.25, -0.2) is 18.7 Å². The minimum Gasteiger partial charge on any atom is -0.354 e. The molecule has 108 valence electrons. The second-order valence-electron chi connectivity index (χ2n) is 4.27. The summed E-state index contributed by atoms with van der Waals surface area (Å²) in [6.07, 6.45) is 1.34. The van der Waals surface area contributed by atoms with Crippen molar-refractivity contribution in [3.05, 3.63) is 24.2 Å². The molecule has 0 saturated heterocycles. The Hall–Kier alpha value is -2.09. The van der Waals surface area contributed by atoms with Crippen LogP contribution in [-0.2, 0) is 7.05 Å². The van der Waals surface area contributed by atoms with Crippen molar-refractivity contribution in [1.82, 2.24) is 19.7 Å². The highest BCUT2D eigenvalue weighted by molar-refractivity contribution is 5.59. The molecular weight excluding hydrogens is 266 g/mol. The number of nitrogens with zero attached hydrogens (tertiary/aromatic N) is 4. The van der Waals surface area contributed by atoms with Crippen molar-refractivity contribution in [2.75, 3.05) is 18.4 Å². The summed E-state index contributed by atoms with van der Waals surface area (Å²) in [5, 5.41) is 6.90. The van der Waals surface area contributed by atoms with Crippen molar-refractivity contribution < 1.29 is 8.78 Å². The summed E-state index contributed by atoms with van der Waals surface area (Å²) in [6.45, 7) is 1.05. The molecule has 2 aromatic rings. The molecule has 0 amide bonds. The highest BCUT2D eigenvalue weighted by Crippen LogP contribution is 2.24. The van der Waals surface area contributed by atoms with E-state index in [9.17, 15) is 8.78 Å². The van der Waals surface area contributed by atoms with E-state index in [1.54, 1.807) is 24.1 Å². The molecule has 2 heterocycles. The number of aromatic nitrogens is 4. The molecule has 0 fully saturated rings. The largest absolute Gasteiger partial charge is 0.354 e. The molecule has 20 heavy (non-hydrogen) atoms. The number of nitrogens with one attached hydrogen (secondary N) is 1. The Balaban J connectivity index is 2.30. The lowest BCUT2D eigenvalue weighted by atomic mass is 10.2. The maximum atomic E-state index is 12.9.